The summed E-state index contributed by atoms with van der Waals surface area (Å²) in [5, 5.41) is 9.80. The summed E-state index contributed by atoms with van der Waals surface area (Å²) in [6.07, 6.45) is 2.12. The first kappa shape index (κ1) is 13.7. The largest absolute Gasteiger partial charge is 0.391 e. The van der Waals surface area contributed by atoms with Gasteiger partial charge in [0.25, 0.3) is 10.0 Å². The standard InChI is InChI=1S/C12H15N3O3S/c16-11(6-10-4-2-1-3-5-10)7-15-19(17,18)12-8-13-9-14-12/h1-5,8-9,11,15-16H,6-7H2,(H,13,14). The normalized spacial score (nSPS) is 13.3. The van der Waals surface area contributed by atoms with Gasteiger partial charge in [-0.25, -0.2) is 18.1 Å². The Balaban J connectivity index is 1.89. The predicted octanol–water partition coefficient (Wildman–Crippen LogP) is 0.292. The van der Waals surface area contributed by atoms with Gasteiger partial charge in [-0.15, -0.1) is 0 Å². The predicted molar refractivity (Wildman–Crippen MR) is 69.9 cm³/mol. The Morgan fingerprint density at radius 2 is 2.05 bits per heavy atom. The molecule has 1 aromatic heterocycles. The third-order valence-corrected chi connectivity index (χ3v) is 3.93. The molecule has 1 unspecified atom stereocenters. The maximum Gasteiger partial charge on any atom is 0.257 e. The zero-order valence-electron chi connectivity index (χ0n) is 10.2. The van der Waals surface area contributed by atoms with Crippen LogP contribution in [-0.2, 0) is 16.4 Å². The minimum Gasteiger partial charge on any atom is -0.391 e. The van der Waals surface area contributed by atoms with Gasteiger partial charge in [0.15, 0.2) is 5.03 Å². The lowest BCUT2D eigenvalue weighted by Crippen LogP contribution is -2.33. The molecule has 0 saturated heterocycles. The van der Waals surface area contributed by atoms with Crippen LogP contribution in [0.4, 0.5) is 0 Å². The van der Waals surface area contributed by atoms with Gasteiger partial charge in [0.05, 0.1) is 18.6 Å². The molecule has 0 aliphatic carbocycles. The summed E-state index contributed by atoms with van der Waals surface area (Å²) in [6, 6.07) is 9.39. The van der Waals surface area contributed by atoms with Gasteiger partial charge >= 0.3 is 0 Å². The Bertz CT molecular complexity index is 596. The number of aliphatic hydroxyl groups is 1. The molecule has 0 amide bonds. The van der Waals surface area contributed by atoms with Gasteiger partial charge in [-0.1, -0.05) is 30.3 Å². The number of sulfonamides is 1. The van der Waals surface area contributed by atoms with Crippen molar-refractivity contribution in [2.75, 3.05) is 6.54 Å². The monoisotopic (exact) mass is 281 g/mol. The van der Waals surface area contributed by atoms with Crippen LogP contribution in [0.1, 0.15) is 5.56 Å². The molecule has 3 N–H and O–H groups in total. The van der Waals surface area contributed by atoms with Gasteiger partial charge in [0, 0.05) is 6.54 Å². The van der Waals surface area contributed by atoms with E-state index in [1.807, 2.05) is 30.3 Å². The van der Waals surface area contributed by atoms with E-state index in [0.29, 0.717) is 6.42 Å². The first-order chi connectivity index (χ1) is 9.08. The number of rotatable bonds is 6. The third-order valence-electron chi connectivity index (χ3n) is 2.59. The van der Waals surface area contributed by atoms with E-state index in [1.54, 1.807) is 0 Å². The van der Waals surface area contributed by atoms with Crippen LogP contribution in [0.15, 0.2) is 47.9 Å². The van der Waals surface area contributed by atoms with E-state index in [-0.39, 0.29) is 11.6 Å². The third kappa shape index (κ3) is 3.88. The van der Waals surface area contributed by atoms with Crippen LogP contribution < -0.4 is 4.72 Å². The fourth-order valence-electron chi connectivity index (χ4n) is 1.63. The number of nitrogens with zero attached hydrogens (tertiary/aromatic N) is 1. The average Bonchev–Trinajstić information content (AvgIpc) is 2.92. The maximum absolute atomic E-state index is 11.8. The van der Waals surface area contributed by atoms with Gasteiger partial charge in [0.1, 0.15) is 0 Å². The molecule has 1 aromatic carbocycles. The maximum atomic E-state index is 11.8. The van der Waals surface area contributed by atoms with E-state index in [2.05, 4.69) is 14.7 Å². The zero-order valence-corrected chi connectivity index (χ0v) is 11.0. The summed E-state index contributed by atoms with van der Waals surface area (Å²) in [5.41, 5.74) is 0.954. The van der Waals surface area contributed by atoms with Crippen molar-refractivity contribution in [2.24, 2.45) is 0 Å². The second-order valence-electron chi connectivity index (χ2n) is 4.11. The summed E-state index contributed by atoms with van der Waals surface area (Å²) >= 11 is 0. The van der Waals surface area contributed by atoms with Crippen LogP contribution in [0.5, 0.6) is 0 Å². The van der Waals surface area contributed by atoms with Crippen molar-refractivity contribution in [1.29, 1.82) is 0 Å². The molecule has 19 heavy (non-hydrogen) atoms. The Labute approximate surface area is 111 Å². The number of H-pyrrole nitrogens is 1. The molecule has 7 heteroatoms. The molecule has 0 radical (unpaired) electrons. The van der Waals surface area contributed by atoms with E-state index < -0.39 is 16.1 Å². The number of hydrogen-bond acceptors (Lipinski definition) is 4. The Morgan fingerprint density at radius 3 is 2.68 bits per heavy atom. The Morgan fingerprint density at radius 1 is 1.32 bits per heavy atom. The van der Waals surface area contributed by atoms with Gasteiger partial charge in [0.2, 0.25) is 0 Å². The summed E-state index contributed by atoms with van der Waals surface area (Å²) in [4.78, 5) is 6.15. The number of imidazole rings is 1. The highest BCUT2D eigenvalue weighted by Gasteiger charge is 2.17. The molecule has 0 spiro atoms. The highest BCUT2D eigenvalue weighted by molar-refractivity contribution is 7.89. The fraction of sp³-hybridized carbons (Fsp3) is 0.250. The topological polar surface area (TPSA) is 95.1 Å². The van der Waals surface area contributed by atoms with Crippen LogP contribution in [0.2, 0.25) is 0 Å². The summed E-state index contributed by atoms with van der Waals surface area (Å²) in [5.74, 6) is 0. The van der Waals surface area contributed by atoms with Gasteiger partial charge in [-0.3, -0.25) is 0 Å². The number of aromatic amines is 1. The van der Waals surface area contributed by atoms with E-state index in [1.165, 1.54) is 12.5 Å². The molecule has 102 valence electrons. The number of nitrogens with one attached hydrogen (secondary N) is 2. The average molecular weight is 281 g/mol. The smallest absolute Gasteiger partial charge is 0.257 e. The minimum absolute atomic E-state index is 0.0144. The molecule has 0 saturated carbocycles. The number of aliphatic hydroxyl groups excluding tert-OH is 1. The molecule has 2 rings (SSSR count). The highest BCUT2D eigenvalue weighted by Crippen LogP contribution is 2.05. The SMILES string of the molecule is O=S(=O)(NCC(O)Cc1ccccc1)c1cnc[nH]1. The van der Waals surface area contributed by atoms with Crippen LogP contribution in [0.25, 0.3) is 0 Å². The van der Waals surface area contributed by atoms with Crippen molar-refractivity contribution in [3.63, 3.8) is 0 Å². The van der Waals surface area contributed by atoms with Crippen molar-refractivity contribution in [3.05, 3.63) is 48.4 Å². The molecule has 0 fully saturated rings. The van der Waals surface area contributed by atoms with E-state index >= 15 is 0 Å². The Hall–Kier alpha value is -1.70. The zero-order chi connectivity index (χ0) is 13.7. The minimum atomic E-state index is -3.63. The number of benzene rings is 1. The van der Waals surface area contributed by atoms with Crippen LogP contribution in [0.3, 0.4) is 0 Å². The molecule has 1 atom stereocenters. The van der Waals surface area contributed by atoms with Crippen LogP contribution >= 0.6 is 0 Å². The molecular formula is C12H15N3O3S. The van der Waals surface area contributed by atoms with E-state index in [4.69, 9.17) is 0 Å². The molecule has 1 heterocycles. The quantitative estimate of drug-likeness (QED) is 0.709. The van der Waals surface area contributed by atoms with Crippen molar-refractivity contribution >= 4 is 10.0 Å². The van der Waals surface area contributed by atoms with Crippen molar-refractivity contribution in [3.8, 4) is 0 Å². The first-order valence-corrected chi connectivity index (χ1v) is 7.26. The highest BCUT2D eigenvalue weighted by atomic mass is 32.2. The number of aromatic nitrogens is 2. The van der Waals surface area contributed by atoms with Crippen molar-refractivity contribution in [1.82, 2.24) is 14.7 Å². The van der Waals surface area contributed by atoms with Gasteiger partial charge < -0.3 is 10.1 Å². The lowest BCUT2D eigenvalue weighted by molar-refractivity contribution is 0.179. The number of hydrogen-bond donors (Lipinski definition) is 3. The van der Waals surface area contributed by atoms with Gasteiger partial charge in [-0.2, -0.15) is 0 Å². The van der Waals surface area contributed by atoms with Gasteiger partial charge in [-0.05, 0) is 12.0 Å². The molecular weight excluding hydrogens is 266 g/mol. The van der Waals surface area contributed by atoms with Crippen LogP contribution in [-0.4, -0.2) is 36.1 Å². The second-order valence-corrected chi connectivity index (χ2v) is 5.85. The van der Waals surface area contributed by atoms with Crippen molar-refractivity contribution < 1.29 is 13.5 Å². The summed E-state index contributed by atoms with van der Waals surface area (Å²) in [7, 11) is -3.63. The fourth-order valence-corrected chi connectivity index (χ4v) is 2.61. The second kappa shape index (κ2) is 5.96. The molecule has 0 bridgehead atoms. The lowest BCUT2D eigenvalue weighted by atomic mass is 10.1. The van der Waals surface area contributed by atoms with E-state index in [0.717, 1.165) is 5.56 Å². The molecule has 0 aliphatic heterocycles. The summed E-state index contributed by atoms with van der Waals surface area (Å²) < 4.78 is 25.8. The van der Waals surface area contributed by atoms with E-state index in [9.17, 15) is 13.5 Å². The molecule has 2 aromatic rings. The Kier molecular flexibility index (Phi) is 4.31. The van der Waals surface area contributed by atoms with Crippen molar-refractivity contribution in [2.45, 2.75) is 17.6 Å². The molecule has 0 aliphatic rings. The summed E-state index contributed by atoms with van der Waals surface area (Å²) in [6.45, 7) is -0.0454. The molecule has 6 nitrogen and oxygen atoms in total. The first-order valence-electron chi connectivity index (χ1n) is 5.78. The lowest BCUT2D eigenvalue weighted by Gasteiger charge is -2.11. The van der Waals surface area contributed by atoms with Crippen LogP contribution in [0, 0.1) is 0 Å².